The van der Waals surface area contributed by atoms with Crippen LogP contribution in [0.15, 0.2) is 34.9 Å². The first-order chi connectivity index (χ1) is 10.9. The molecular formula is C14H15N7O. The van der Waals surface area contributed by atoms with Gasteiger partial charge in [-0.15, -0.1) is 10.2 Å². The van der Waals surface area contributed by atoms with Crippen molar-refractivity contribution in [2.45, 2.75) is 19.4 Å². The molecule has 1 aromatic carbocycles. The van der Waals surface area contributed by atoms with E-state index in [1.54, 1.807) is 0 Å². The minimum absolute atomic E-state index is 0.344. The summed E-state index contributed by atoms with van der Waals surface area (Å²) >= 11 is 0. The number of hydrogen-bond donors (Lipinski definition) is 0. The van der Waals surface area contributed by atoms with Crippen LogP contribution in [0.5, 0.6) is 0 Å². The Morgan fingerprint density at radius 3 is 2.73 bits per heavy atom. The zero-order chi connectivity index (χ0) is 14.8. The molecule has 0 spiro atoms. The summed E-state index contributed by atoms with van der Waals surface area (Å²) in [6.07, 6.45) is 2.34. The normalized spacial score (nSPS) is 14.6. The van der Waals surface area contributed by atoms with Crippen LogP contribution in [0.2, 0.25) is 0 Å². The van der Waals surface area contributed by atoms with Gasteiger partial charge in [-0.3, -0.25) is 0 Å². The predicted molar refractivity (Wildman–Crippen MR) is 78.1 cm³/mol. The molecule has 0 N–H and O–H groups in total. The summed E-state index contributed by atoms with van der Waals surface area (Å²) in [6.45, 7) is 2.29. The van der Waals surface area contributed by atoms with Crippen molar-refractivity contribution < 1.29 is 4.52 Å². The molecule has 0 amide bonds. The first kappa shape index (κ1) is 12.9. The second kappa shape index (κ2) is 5.55. The quantitative estimate of drug-likeness (QED) is 0.719. The highest BCUT2D eigenvalue weighted by Crippen LogP contribution is 2.18. The lowest BCUT2D eigenvalue weighted by molar-refractivity contribution is 0.404. The van der Waals surface area contributed by atoms with Crippen molar-refractivity contribution in [2.24, 2.45) is 0 Å². The molecule has 2 aromatic heterocycles. The maximum atomic E-state index is 5.29. The van der Waals surface area contributed by atoms with Crippen molar-refractivity contribution in [1.29, 1.82) is 0 Å². The van der Waals surface area contributed by atoms with Gasteiger partial charge in [0.15, 0.2) is 5.82 Å². The molecule has 3 aromatic rings. The van der Waals surface area contributed by atoms with Crippen molar-refractivity contribution in [1.82, 2.24) is 30.3 Å². The van der Waals surface area contributed by atoms with E-state index in [1.165, 1.54) is 17.6 Å². The first-order valence-electron chi connectivity index (χ1n) is 7.29. The lowest BCUT2D eigenvalue weighted by Gasteiger charge is -2.09. The Labute approximate surface area is 126 Å². The Kier molecular flexibility index (Phi) is 3.26. The highest BCUT2D eigenvalue weighted by Gasteiger charge is 2.19. The molecule has 8 nitrogen and oxygen atoms in total. The molecule has 4 rings (SSSR count). The van der Waals surface area contributed by atoms with Crippen LogP contribution in [-0.2, 0) is 6.54 Å². The smallest absolute Gasteiger partial charge is 0.324 e. The second-order valence-corrected chi connectivity index (χ2v) is 5.20. The van der Waals surface area contributed by atoms with Crippen LogP contribution in [0.4, 0.5) is 6.01 Å². The third-order valence-electron chi connectivity index (χ3n) is 3.60. The molecule has 112 valence electrons. The Morgan fingerprint density at radius 2 is 1.91 bits per heavy atom. The molecule has 0 atom stereocenters. The Balaban J connectivity index is 1.48. The molecule has 1 aliphatic heterocycles. The molecule has 0 radical (unpaired) electrons. The van der Waals surface area contributed by atoms with Gasteiger partial charge in [-0.2, -0.15) is 9.78 Å². The largest absolute Gasteiger partial charge is 0.324 e. The van der Waals surface area contributed by atoms with Gasteiger partial charge in [-0.25, -0.2) is 0 Å². The van der Waals surface area contributed by atoms with E-state index in [0.717, 1.165) is 18.7 Å². The number of anilines is 1. The van der Waals surface area contributed by atoms with Crippen molar-refractivity contribution in [3.63, 3.8) is 0 Å². The molecule has 1 fully saturated rings. The highest BCUT2D eigenvalue weighted by atomic mass is 16.5. The molecule has 22 heavy (non-hydrogen) atoms. The number of aromatic nitrogens is 6. The van der Waals surface area contributed by atoms with Crippen LogP contribution in [0.25, 0.3) is 11.4 Å². The average molecular weight is 297 g/mol. The van der Waals surface area contributed by atoms with E-state index in [0.29, 0.717) is 24.2 Å². The van der Waals surface area contributed by atoms with E-state index in [4.69, 9.17) is 4.52 Å². The number of tetrazole rings is 1. The van der Waals surface area contributed by atoms with Gasteiger partial charge < -0.3 is 9.42 Å². The van der Waals surface area contributed by atoms with Crippen molar-refractivity contribution in [3.05, 3.63) is 36.2 Å². The summed E-state index contributed by atoms with van der Waals surface area (Å²) in [7, 11) is 0. The van der Waals surface area contributed by atoms with Gasteiger partial charge in [-0.05, 0) is 18.1 Å². The van der Waals surface area contributed by atoms with Crippen LogP contribution in [0.1, 0.15) is 18.7 Å². The van der Waals surface area contributed by atoms with E-state index >= 15 is 0 Å². The van der Waals surface area contributed by atoms with Gasteiger partial charge in [0, 0.05) is 18.7 Å². The standard InChI is InChI=1S/C14H15N7O/c1-2-6-11(7-3-1)13-16-19-21(17-13)10-12-15-14(22-18-12)20-8-4-5-9-20/h1-3,6-7H,4-5,8-10H2. The Morgan fingerprint density at radius 1 is 1.09 bits per heavy atom. The summed E-state index contributed by atoms with van der Waals surface area (Å²) in [5, 5.41) is 16.4. The predicted octanol–water partition coefficient (Wildman–Crippen LogP) is 1.37. The fourth-order valence-electron chi connectivity index (χ4n) is 2.49. The first-order valence-corrected chi connectivity index (χ1v) is 7.29. The molecule has 1 saturated heterocycles. The van der Waals surface area contributed by atoms with E-state index in [-0.39, 0.29) is 0 Å². The SMILES string of the molecule is c1ccc(-c2nnn(Cc3noc(N4CCCC4)n3)n2)cc1. The number of benzene rings is 1. The van der Waals surface area contributed by atoms with Crippen LogP contribution in [0, 0.1) is 0 Å². The molecule has 0 bridgehead atoms. The van der Waals surface area contributed by atoms with Crippen LogP contribution in [-0.4, -0.2) is 43.4 Å². The molecular weight excluding hydrogens is 282 g/mol. The van der Waals surface area contributed by atoms with E-state index in [9.17, 15) is 0 Å². The van der Waals surface area contributed by atoms with Crippen molar-refractivity contribution >= 4 is 6.01 Å². The maximum absolute atomic E-state index is 5.29. The maximum Gasteiger partial charge on any atom is 0.324 e. The second-order valence-electron chi connectivity index (χ2n) is 5.20. The van der Waals surface area contributed by atoms with Gasteiger partial charge in [0.25, 0.3) is 0 Å². The zero-order valence-electron chi connectivity index (χ0n) is 12.0. The lowest BCUT2D eigenvalue weighted by Crippen LogP contribution is -2.18. The summed E-state index contributed by atoms with van der Waals surface area (Å²) in [5.74, 6) is 1.14. The number of hydrogen-bond acceptors (Lipinski definition) is 7. The Bertz CT molecular complexity index is 745. The lowest BCUT2D eigenvalue weighted by atomic mass is 10.2. The fourth-order valence-corrected chi connectivity index (χ4v) is 2.49. The van der Waals surface area contributed by atoms with E-state index in [1.807, 2.05) is 30.3 Å². The van der Waals surface area contributed by atoms with Crippen molar-refractivity contribution in [3.8, 4) is 11.4 Å². The minimum atomic E-state index is 0.344. The molecule has 0 saturated carbocycles. The van der Waals surface area contributed by atoms with Gasteiger partial charge in [0.2, 0.25) is 5.82 Å². The van der Waals surface area contributed by atoms with Gasteiger partial charge in [0.05, 0.1) is 0 Å². The van der Waals surface area contributed by atoms with Gasteiger partial charge in [0.1, 0.15) is 6.54 Å². The number of nitrogens with zero attached hydrogens (tertiary/aromatic N) is 7. The molecule has 0 aliphatic carbocycles. The Hall–Kier alpha value is -2.77. The minimum Gasteiger partial charge on any atom is -0.324 e. The molecule has 1 aliphatic rings. The summed E-state index contributed by atoms with van der Waals surface area (Å²) < 4.78 is 5.29. The monoisotopic (exact) mass is 297 g/mol. The van der Waals surface area contributed by atoms with E-state index < -0.39 is 0 Å². The van der Waals surface area contributed by atoms with E-state index in [2.05, 4.69) is 30.5 Å². The third-order valence-corrected chi connectivity index (χ3v) is 3.60. The van der Waals surface area contributed by atoms with Crippen LogP contribution < -0.4 is 4.90 Å². The van der Waals surface area contributed by atoms with Crippen molar-refractivity contribution in [2.75, 3.05) is 18.0 Å². The molecule has 8 heteroatoms. The zero-order valence-corrected chi connectivity index (χ0v) is 12.0. The highest BCUT2D eigenvalue weighted by molar-refractivity contribution is 5.52. The molecule has 0 unspecified atom stereocenters. The topological polar surface area (TPSA) is 85.8 Å². The van der Waals surface area contributed by atoms with Gasteiger partial charge in [-0.1, -0.05) is 35.5 Å². The van der Waals surface area contributed by atoms with Crippen LogP contribution in [0.3, 0.4) is 0 Å². The van der Waals surface area contributed by atoms with Gasteiger partial charge >= 0.3 is 6.01 Å². The summed E-state index contributed by atoms with van der Waals surface area (Å²) in [6, 6.07) is 10.3. The number of rotatable bonds is 4. The third kappa shape index (κ3) is 2.54. The summed E-state index contributed by atoms with van der Waals surface area (Å²) in [4.78, 5) is 7.96. The average Bonchev–Trinajstić information content (AvgIpc) is 3.30. The fraction of sp³-hybridized carbons (Fsp3) is 0.357. The van der Waals surface area contributed by atoms with Crippen LogP contribution >= 0.6 is 0 Å². The molecule has 3 heterocycles. The summed E-state index contributed by atoms with van der Waals surface area (Å²) in [5.41, 5.74) is 0.930.